The van der Waals surface area contributed by atoms with E-state index in [1.54, 1.807) is 6.07 Å². The van der Waals surface area contributed by atoms with Crippen molar-refractivity contribution < 1.29 is 4.79 Å². The van der Waals surface area contributed by atoms with Crippen molar-refractivity contribution >= 4 is 17.3 Å². The molecule has 4 nitrogen and oxygen atoms in total. The highest BCUT2D eigenvalue weighted by Crippen LogP contribution is 2.25. The van der Waals surface area contributed by atoms with Gasteiger partial charge < -0.3 is 10.6 Å². The number of hydrogen-bond acceptors (Lipinski definition) is 3. The van der Waals surface area contributed by atoms with Crippen molar-refractivity contribution in [2.24, 2.45) is 0 Å². The Hall–Kier alpha value is -2.36. The van der Waals surface area contributed by atoms with Crippen LogP contribution in [0.25, 0.3) is 0 Å². The van der Waals surface area contributed by atoms with Gasteiger partial charge >= 0.3 is 0 Å². The first-order valence-electron chi connectivity index (χ1n) is 6.84. The summed E-state index contributed by atoms with van der Waals surface area (Å²) < 4.78 is 0. The van der Waals surface area contributed by atoms with Crippen LogP contribution in [0.4, 0.5) is 11.4 Å². The van der Waals surface area contributed by atoms with E-state index in [9.17, 15) is 4.79 Å². The zero-order chi connectivity index (χ0) is 13.9. The van der Waals surface area contributed by atoms with E-state index in [1.165, 1.54) is 11.3 Å². The summed E-state index contributed by atoms with van der Waals surface area (Å²) in [7, 11) is 0. The summed E-state index contributed by atoms with van der Waals surface area (Å²) in [4.78, 5) is 16.4. The second-order valence-electron chi connectivity index (χ2n) is 5.02. The lowest BCUT2D eigenvalue weighted by Crippen LogP contribution is -2.15. The molecule has 1 aromatic heterocycles. The zero-order valence-corrected chi connectivity index (χ0v) is 11.4. The molecular formula is C16H17N3O. The maximum Gasteiger partial charge on any atom is 0.274 e. The molecule has 0 atom stereocenters. The molecule has 0 saturated carbocycles. The van der Waals surface area contributed by atoms with Gasteiger partial charge in [-0.2, -0.15) is 0 Å². The number of pyridine rings is 1. The van der Waals surface area contributed by atoms with Crippen molar-refractivity contribution in [3.63, 3.8) is 0 Å². The molecule has 1 aromatic carbocycles. The fraction of sp³-hybridized carbons (Fsp3) is 0.250. The van der Waals surface area contributed by atoms with Crippen LogP contribution in [-0.4, -0.2) is 17.4 Å². The SMILES string of the molecule is Cc1cccc(C(=O)Nc2ccc3c(c2)CCCN3)n1. The number of rotatable bonds is 2. The first kappa shape index (κ1) is 12.7. The Labute approximate surface area is 118 Å². The highest BCUT2D eigenvalue weighted by atomic mass is 16.1. The maximum absolute atomic E-state index is 12.1. The molecule has 2 aromatic rings. The van der Waals surface area contributed by atoms with Gasteiger partial charge in [-0.3, -0.25) is 4.79 Å². The second-order valence-corrected chi connectivity index (χ2v) is 5.02. The summed E-state index contributed by atoms with van der Waals surface area (Å²) in [6.07, 6.45) is 2.18. The number of anilines is 2. The van der Waals surface area contributed by atoms with Gasteiger partial charge in [-0.1, -0.05) is 6.07 Å². The van der Waals surface area contributed by atoms with Crippen LogP contribution in [0.15, 0.2) is 36.4 Å². The molecular weight excluding hydrogens is 250 g/mol. The van der Waals surface area contributed by atoms with Gasteiger partial charge in [0.15, 0.2) is 0 Å². The number of fused-ring (bicyclic) bond motifs is 1. The van der Waals surface area contributed by atoms with Crippen molar-refractivity contribution in [2.75, 3.05) is 17.2 Å². The molecule has 0 aliphatic carbocycles. The van der Waals surface area contributed by atoms with Crippen LogP contribution < -0.4 is 10.6 Å². The zero-order valence-electron chi connectivity index (χ0n) is 11.4. The van der Waals surface area contributed by atoms with Crippen LogP contribution in [-0.2, 0) is 6.42 Å². The molecule has 1 aliphatic rings. The average Bonchev–Trinajstić information content (AvgIpc) is 2.47. The summed E-state index contributed by atoms with van der Waals surface area (Å²) in [6, 6.07) is 11.4. The normalized spacial score (nSPS) is 13.2. The third-order valence-electron chi connectivity index (χ3n) is 3.42. The predicted octanol–water partition coefficient (Wildman–Crippen LogP) is 3.00. The van der Waals surface area contributed by atoms with Crippen molar-refractivity contribution in [1.29, 1.82) is 0 Å². The quantitative estimate of drug-likeness (QED) is 0.879. The lowest BCUT2D eigenvalue weighted by atomic mass is 10.0. The number of hydrogen-bond donors (Lipinski definition) is 2. The Kier molecular flexibility index (Phi) is 3.37. The van der Waals surface area contributed by atoms with Crippen LogP contribution in [0.5, 0.6) is 0 Å². The Balaban J connectivity index is 1.79. The van der Waals surface area contributed by atoms with Gasteiger partial charge in [0, 0.05) is 23.6 Å². The summed E-state index contributed by atoms with van der Waals surface area (Å²) >= 11 is 0. The molecule has 1 amide bonds. The van der Waals surface area contributed by atoms with Crippen LogP contribution in [0.3, 0.4) is 0 Å². The largest absolute Gasteiger partial charge is 0.385 e. The fourth-order valence-corrected chi connectivity index (χ4v) is 2.42. The van der Waals surface area contributed by atoms with Crippen molar-refractivity contribution in [2.45, 2.75) is 19.8 Å². The van der Waals surface area contributed by atoms with Gasteiger partial charge in [0.05, 0.1) is 0 Å². The van der Waals surface area contributed by atoms with Crippen LogP contribution in [0, 0.1) is 6.92 Å². The summed E-state index contributed by atoms with van der Waals surface area (Å²) in [6.45, 7) is 2.90. The third kappa shape index (κ3) is 2.64. The van der Waals surface area contributed by atoms with Crippen molar-refractivity contribution in [1.82, 2.24) is 4.98 Å². The molecule has 0 unspecified atom stereocenters. The van der Waals surface area contributed by atoms with E-state index in [0.29, 0.717) is 5.69 Å². The first-order chi connectivity index (χ1) is 9.72. The number of carbonyl (C=O) groups excluding carboxylic acids is 1. The molecule has 2 N–H and O–H groups in total. The van der Waals surface area contributed by atoms with Crippen LogP contribution in [0.1, 0.15) is 28.2 Å². The van der Waals surface area contributed by atoms with E-state index in [2.05, 4.69) is 15.6 Å². The Bertz CT molecular complexity index is 652. The molecule has 0 radical (unpaired) electrons. The lowest BCUT2D eigenvalue weighted by molar-refractivity contribution is 0.102. The highest BCUT2D eigenvalue weighted by molar-refractivity contribution is 6.03. The summed E-state index contributed by atoms with van der Waals surface area (Å²) in [5, 5.41) is 6.26. The molecule has 3 rings (SSSR count). The highest BCUT2D eigenvalue weighted by Gasteiger charge is 2.11. The maximum atomic E-state index is 12.1. The van der Waals surface area contributed by atoms with Gasteiger partial charge in [-0.05, 0) is 55.7 Å². The van der Waals surface area contributed by atoms with Crippen LogP contribution in [0.2, 0.25) is 0 Å². The Morgan fingerprint density at radius 3 is 3.05 bits per heavy atom. The fourth-order valence-electron chi connectivity index (χ4n) is 2.42. The Morgan fingerprint density at radius 2 is 2.20 bits per heavy atom. The minimum Gasteiger partial charge on any atom is -0.385 e. The van der Waals surface area contributed by atoms with Gasteiger partial charge in [-0.25, -0.2) is 4.98 Å². The summed E-state index contributed by atoms with van der Waals surface area (Å²) in [5.41, 5.74) is 4.53. The van der Waals surface area contributed by atoms with E-state index >= 15 is 0 Å². The van der Waals surface area contributed by atoms with E-state index in [-0.39, 0.29) is 5.91 Å². The van der Waals surface area contributed by atoms with E-state index in [1.807, 2.05) is 37.3 Å². The minimum atomic E-state index is -0.169. The smallest absolute Gasteiger partial charge is 0.274 e. The van der Waals surface area contributed by atoms with Gasteiger partial charge in [0.25, 0.3) is 5.91 Å². The topological polar surface area (TPSA) is 54.0 Å². The van der Waals surface area contributed by atoms with Crippen LogP contribution >= 0.6 is 0 Å². The number of carbonyl (C=O) groups is 1. The predicted molar refractivity (Wildman–Crippen MR) is 80.2 cm³/mol. The molecule has 1 aliphatic heterocycles. The van der Waals surface area contributed by atoms with Gasteiger partial charge in [0.1, 0.15) is 5.69 Å². The molecule has 102 valence electrons. The number of amides is 1. The van der Waals surface area contributed by atoms with E-state index in [0.717, 1.165) is 30.8 Å². The number of aryl methyl sites for hydroxylation is 2. The average molecular weight is 267 g/mol. The molecule has 0 bridgehead atoms. The lowest BCUT2D eigenvalue weighted by Gasteiger charge is -2.18. The van der Waals surface area contributed by atoms with E-state index in [4.69, 9.17) is 0 Å². The third-order valence-corrected chi connectivity index (χ3v) is 3.42. The number of nitrogens with one attached hydrogen (secondary N) is 2. The molecule has 0 saturated heterocycles. The number of aromatic nitrogens is 1. The molecule has 2 heterocycles. The summed E-state index contributed by atoms with van der Waals surface area (Å²) in [5.74, 6) is -0.169. The molecule has 0 spiro atoms. The van der Waals surface area contributed by atoms with Crippen molar-refractivity contribution in [3.05, 3.63) is 53.3 Å². The first-order valence-corrected chi connectivity index (χ1v) is 6.84. The standard InChI is InChI=1S/C16H17N3O/c1-11-4-2-6-15(18-11)16(20)19-13-7-8-14-12(10-13)5-3-9-17-14/h2,4,6-8,10,17H,3,5,9H2,1H3,(H,19,20). The number of nitrogens with zero attached hydrogens (tertiary/aromatic N) is 1. The monoisotopic (exact) mass is 267 g/mol. The Morgan fingerprint density at radius 1 is 1.30 bits per heavy atom. The van der Waals surface area contributed by atoms with Gasteiger partial charge in [0.2, 0.25) is 0 Å². The van der Waals surface area contributed by atoms with E-state index < -0.39 is 0 Å². The molecule has 4 heteroatoms. The second kappa shape index (κ2) is 5.33. The minimum absolute atomic E-state index is 0.169. The van der Waals surface area contributed by atoms with Gasteiger partial charge in [-0.15, -0.1) is 0 Å². The molecule has 0 fully saturated rings. The molecule has 20 heavy (non-hydrogen) atoms. The van der Waals surface area contributed by atoms with Crippen molar-refractivity contribution in [3.8, 4) is 0 Å². The number of benzene rings is 1.